The summed E-state index contributed by atoms with van der Waals surface area (Å²) < 4.78 is 23.3. The summed E-state index contributed by atoms with van der Waals surface area (Å²) in [4.78, 5) is 0. The second-order valence-electron chi connectivity index (χ2n) is 4.00. The monoisotopic (exact) mass is 308 g/mol. The lowest BCUT2D eigenvalue weighted by Crippen LogP contribution is -2.52. The second kappa shape index (κ2) is 10.7. The van der Waals surface area contributed by atoms with E-state index in [4.69, 9.17) is 30.2 Å². The smallest absolute Gasteiger partial charge is 0.487 e. The van der Waals surface area contributed by atoms with E-state index in [0.29, 0.717) is 31.5 Å². The van der Waals surface area contributed by atoms with Crippen LogP contribution in [0.4, 0.5) is 0 Å². The minimum Gasteiger partial charge on any atom is -0.487 e. The van der Waals surface area contributed by atoms with Crippen LogP contribution in [0.5, 0.6) is 0 Å². The van der Waals surface area contributed by atoms with Gasteiger partial charge in [0.25, 0.3) is 0 Å². The number of hydrogen-bond acceptors (Lipinski definition) is 5. The summed E-state index contributed by atoms with van der Waals surface area (Å²) in [6.07, 6.45) is 1.85. The van der Waals surface area contributed by atoms with Gasteiger partial charge in [-0.1, -0.05) is 13.3 Å². The van der Waals surface area contributed by atoms with Crippen LogP contribution in [0.2, 0.25) is 5.54 Å². The van der Waals surface area contributed by atoms with Crippen molar-refractivity contribution in [2.45, 2.75) is 53.0 Å². The Morgan fingerprint density at radius 1 is 0.895 bits per heavy atom. The van der Waals surface area contributed by atoms with Gasteiger partial charge in [0.15, 0.2) is 5.05 Å². The van der Waals surface area contributed by atoms with Crippen molar-refractivity contribution < 1.29 is 18.0 Å². The van der Waals surface area contributed by atoms with Crippen LogP contribution in [-0.2, 0) is 18.0 Å². The molecule has 6 heteroatoms. The SMILES string of the molecule is CCCC(C(=S)OCC)[Si](OCC)(OCC)OCC. The molecule has 0 amide bonds. The molecule has 0 radical (unpaired) electrons. The zero-order valence-corrected chi connectivity index (χ0v) is 14.7. The van der Waals surface area contributed by atoms with Crippen molar-refractivity contribution in [2.75, 3.05) is 26.4 Å². The van der Waals surface area contributed by atoms with Crippen LogP contribution < -0.4 is 0 Å². The van der Waals surface area contributed by atoms with Gasteiger partial charge in [-0.15, -0.1) is 0 Å². The van der Waals surface area contributed by atoms with E-state index in [2.05, 4.69) is 6.92 Å². The maximum atomic E-state index is 5.92. The van der Waals surface area contributed by atoms with Crippen molar-refractivity contribution >= 4 is 26.1 Å². The van der Waals surface area contributed by atoms with Gasteiger partial charge in [-0.25, -0.2) is 0 Å². The number of thiocarbonyl (C=S) groups is 1. The molecule has 0 saturated carbocycles. The first-order chi connectivity index (χ1) is 9.11. The van der Waals surface area contributed by atoms with E-state index < -0.39 is 8.80 Å². The summed E-state index contributed by atoms with van der Waals surface area (Å²) >= 11 is 5.40. The van der Waals surface area contributed by atoms with Crippen LogP contribution in [0.25, 0.3) is 0 Å². The highest BCUT2D eigenvalue weighted by molar-refractivity contribution is 7.80. The molecular formula is C13H28O4SSi. The molecule has 0 N–H and O–H groups in total. The molecule has 19 heavy (non-hydrogen) atoms. The first-order valence-corrected chi connectivity index (χ1v) is 9.41. The Kier molecular flexibility index (Phi) is 10.7. The fourth-order valence-corrected chi connectivity index (χ4v) is 5.74. The van der Waals surface area contributed by atoms with Crippen LogP contribution in [0.3, 0.4) is 0 Å². The summed E-state index contributed by atoms with van der Waals surface area (Å²) in [7, 11) is -2.81. The molecule has 0 heterocycles. The van der Waals surface area contributed by atoms with Gasteiger partial charge in [0, 0.05) is 19.8 Å². The van der Waals surface area contributed by atoms with Crippen molar-refractivity contribution in [2.24, 2.45) is 0 Å². The molecule has 0 aliphatic rings. The van der Waals surface area contributed by atoms with Crippen molar-refractivity contribution in [3.63, 3.8) is 0 Å². The van der Waals surface area contributed by atoms with Crippen LogP contribution in [-0.4, -0.2) is 40.3 Å². The molecule has 0 bridgehead atoms. The van der Waals surface area contributed by atoms with Crippen LogP contribution in [0, 0.1) is 0 Å². The van der Waals surface area contributed by atoms with Gasteiger partial charge in [-0.05, 0) is 46.3 Å². The van der Waals surface area contributed by atoms with Crippen LogP contribution in [0.15, 0.2) is 0 Å². The molecular weight excluding hydrogens is 280 g/mol. The zero-order chi connectivity index (χ0) is 14.7. The van der Waals surface area contributed by atoms with E-state index in [0.717, 1.165) is 12.8 Å². The summed E-state index contributed by atoms with van der Waals surface area (Å²) in [6, 6.07) is 0. The predicted octanol–water partition coefficient (Wildman–Crippen LogP) is 3.57. The first kappa shape index (κ1) is 19.0. The molecule has 4 nitrogen and oxygen atoms in total. The van der Waals surface area contributed by atoms with E-state index >= 15 is 0 Å². The van der Waals surface area contributed by atoms with Gasteiger partial charge in [0.1, 0.15) is 0 Å². The highest BCUT2D eigenvalue weighted by Crippen LogP contribution is 2.32. The molecule has 1 atom stereocenters. The molecule has 0 aliphatic carbocycles. The maximum Gasteiger partial charge on any atom is 0.513 e. The topological polar surface area (TPSA) is 36.9 Å². The number of ether oxygens (including phenoxy) is 1. The fraction of sp³-hybridized carbons (Fsp3) is 0.923. The number of rotatable bonds is 11. The summed E-state index contributed by atoms with van der Waals surface area (Å²) in [5.41, 5.74) is -0.0627. The first-order valence-electron chi connectivity index (χ1n) is 7.20. The molecule has 1 unspecified atom stereocenters. The van der Waals surface area contributed by atoms with Gasteiger partial charge in [-0.2, -0.15) is 0 Å². The van der Waals surface area contributed by atoms with Crippen molar-refractivity contribution in [3.05, 3.63) is 0 Å². The molecule has 0 aromatic carbocycles. The average Bonchev–Trinajstić information content (AvgIpc) is 2.37. The Balaban J connectivity index is 5.22. The van der Waals surface area contributed by atoms with Gasteiger partial charge in [0.2, 0.25) is 0 Å². The summed E-state index contributed by atoms with van der Waals surface area (Å²) in [6.45, 7) is 12.1. The van der Waals surface area contributed by atoms with Gasteiger partial charge in [-0.3, -0.25) is 0 Å². The molecule has 0 aromatic heterocycles. The number of hydrogen-bond donors (Lipinski definition) is 0. The van der Waals surface area contributed by atoms with E-state index in [1.807, 2.05) is 27.7 Å². The Morgan fingerprint density at radius 3 is 1.68 bits per heavy atom. The van der Waals surface area contributed by atoms with E-state index in [9.17, 15) is 0 Å². The Bertz CT molecular complexity index is 234. The van der Waals surface area contributed by atoms with Crippen LogP contribution in [0.1, 0.15) is 47.5 Å². The molecule has 0 aromatic rings. The van der Waals surface area contributed by atoms with Crippen LogP contribution >= 0.6 is 12.2 Å². The minimum atomic E-state index is -2.81. The van der Waals surface area contributed by atoms with Crippen molar-refractivity contribution in [1.82, 2.24) is 0 Å². The van der Waals surface area contributed by atoms with E-state index in [1.54, 1.807) is 0 Å². The highest BCUT2D eigenvalue weighted by Gasteiger charge is 2.51. The van der Waals surface area contributed by atoms with E-state index in [1.165, 1.54) is 0 Å². The highest BCUT2D eigenvalue weighted by atomic mass is 32.1. The average molecular weight is 309 g/mol. The third kappa shape index (κ3) is 5.87. The van der Waals surface area contributed by atoms with Crippen molar-refractivity contribution in [3.8, 4) is 0 Å². The lowest BCUT2D eigenvalue weighted by Gasteiger charge is -2.35. The van der Waals surface area contributed by atoms with Crippen molar-refractivity contribution in [1.29, 1.82) is 0 Å². The Hall–Kier alpha value is -0.0131. The van der Waals surface area contributed by atoms with Gasteiger partial charge in [0.05, 0.1) is 12.1 Å². The Labute approximate surface area is 124 Å². The maximum absolute atomic E-state index is 5.92. The summed E-state index contributed by atoms with van der Waals surface area (Å²) in [5.74, 6) is 0. The molecule has 0 aliphatic heterocycles. The normalized spacial score (nSPS) is 13.3. The third-order valence-corrected chi connectivity index (χ3v) is 6.70. The second-order valence-corrected chi connectivity index (χ2v) is 7.17. The lowest BCUT2D eigenvalue weighted by atomic mass is 10.2. The molecule has 0 fully saturated rings. The Morgan fingerprint density at radius 2 is 1.37 bits per heavy atom. The predicted molar refractivity (Wildman–Crippen MR) is 83.5 cm³/mol. The lowest BCUT2D eigenvalue weighted by molar-refractivity contribution is 0.0640. The van der Waals surface area contributed by atoms with E-state index in [-0.39, 0.29) is 5.54 Å². The van der Waals surface area contributed by atoms with Gasteiger partial charge >= 0.3 is 8.80 Å². The summed E-state index contributed by atoms with van der Waals surface area (Å²) in [5, 5.41) is 0.561. The molecule has 114 valence electrons. The molecule has 0 saturated heterocycles. The minimum absolute atomic E-state index is 0.0627. The quantitative estimate of drug-likeness (QED) is 0.431. The fourth-order valence-electron chi connectivity index (χ4n) is 2.00. The molecule has 0 rings (SSSR count). The standard InChI is InChI=1S/C13H28O4SSi/c1-6-11-12(13(18)14-7-2)19(15-8-3,16-9-4)17-10-5/h12H,6-11H2,1-5H3. The zero-order valence-electron chi connectivity index (χ0n) is 12.9. The molecule has 0 spiro atoms. The largest absolute Gasteiger partial charge is 0.513 e. The third-order valence-electron chi connectivity index (χ3n) is 2.61. The van der Waals surface area contributed by atoms with Gasteiger partial charge < -0.3 is 18.0 Å².